The summed E-state index contributed by atoms with van der Waals surface area (Å²) >= 11 is 0. The van der Waals surface area contributed by atoms with Crippen LogP contribution >= 0.6 is 12.4 Å². The number of amides is 1. The lowest BCUT2D eigenvalue weighted by Crippen LogP contribution is -2.31. The molecule has 2 aliphatic rings. The monoisotopic (exact) mass is 373 g/mol. The Kier molecular flexibility index (Phi) is 6.62. The van der Waals surface area contributed by atoms with E-state index in [4.69, 9.17) is 0 Å². The zero-order valence-corrected chi connectivity index (χ0v) is 15.2. The average Bonchev–Trinajstić information content (AvgIpc) is 3.25. The lowest BCUT2D eigenvalue weighted by atomic mass is 10.1. The van der Waals surface area contributed by atoms with Crippen LogP contribution in [0, 0.1) is 5.92 Å². The molecule has 134 valence electrons. The molecule has 1 aromatic carbocycles. The molecule has 3 rings (SSSR count). The second kappa shape index (κ2) is 8.29. The molecular formula is C16H24ClN3O3S. The van der Waals surface area contributed by atoms with Gasteiger partial charge in [0.1, 0.15) is 0 Å². The summed E-state index contributed by atoms with van der Waals surface area (Å²) < 4.78 is 26.4. The van der Waals surface area contributed by atoms with E-state index in [1.165, 1.54) is 4.31 Å². The normalized spacial score (nSPS) is 21.4. The molecule has 1 unspecified atom stereocenters. The Hall–Kier alpha value is -1.15. The molecule has 0 saturated carbocycles. The minimum atomic E-state index is -3.36. The van der Waals surface area contributed by atoms with Gasteiger partial charge in [0, 0.05) is 26.2 Å². The summed E-state index contributed by atoms with van der Waals surface area (Å²) in [6.45, 7) is 3.27. The predicted molar refractivity (Wildman–Crippen MR) is 94.5 cm³/mol. The third-order valence-corrected chi connectivity index (χ3v) is 6.44. The molecule has 24 heavy (non-hydrogen) atoms. The first-order valence-electron chi connectivity index (χ1n) is 8.15. The van der Waals surface area contributed by atoms with Crippen molar-refractivity contribution in [2.75, 3.05) is 26.2 Å². The van der Waals surface area contributed by atoms with Crippen molar-refractivity contribution < 1.29 is 13.2 Å². The first kappa shape index (κ1) is 19.2. The van der Waals surface area contributed by atoms with E-state index in [0.29, 0.717) is 24.5 Å². The van der Waals surface area contributed by atoms with Gasteiger partial charge in [0.25, 0.3) is 0 Å². The van der Waals surface area contributed by atoms with Gasteiger partial charge in [0.05, 0.1) is 10.8 Å². The Balaban J connectivity index is 0.00000208. The number of rotatable bonds is 5. The van der Waals surface area contributed by atoms with E-state index in [-0.39, 0.29) is 24.2 Å². The highest BCUT2D eigenvalue weighted by atomic mass is 35.5. The van der Waals surface area contributed by atoms with Crippen molar-refractivity contribution in [2.24, 2.45) is 5.92 Å². The molecule has 0 aromatic heterocycles. The maximum atomic E-state index is 12.4. The van der Waals surface area contributed by atoms with Crippen LogP contribution in [0.2, 0.25) is 0 Å². The molecule has 6 nitrogen and oxygen atoms in total. The van der Waals surface area contributed by atoms with Gasteiger partial charge in [0.15, 0.2) is 0 Å². The predicted octanol–water partition coefficient (Wildman–Crippen LogP) is 1.12. The number of nitrogens with zero attached hydrogens (tertiary/aromatic N) is 1. The molecule has 8 heteroatoms. The quantitative estimate of drug-likeness (QED) is 0.810. The fraction of sp³-hybridized carbons (Fsp3) is 0.562. The van der Waals surface area contributed by atoms with Crippen molar-refractivity contribution in [1.82, 2.24) is 14.9 Å². The smallest absolute Gasteiger partial charge is 0.243 e. The van der Waals surface area contributed by atoms with E-state index in [2.05, 4.69) is 10.6 Å². The van der Waals surface area contributed by atoms with Crippen molar-refractivity contribution in [3.05, 3.63) is 29.8 Å². The standard InChI is InChI=1S/C16H23N3O3S.ClH/c20-16(14-7-8-17-12-14)18-11-13-3-5-15(6-4-13)23(21,22)19-9-1-2-10-19;/h3-6,14,17H,1-2,7-12H2,(H,18,20);1H. The molecule has 0 spiro atoms. The summed E-state index contributed by atoms with van der Waals surface area (Å²) in [6.07, 6.45) is 2.73. The SMILES string of the molecule is Cl.O=C(NCc1ccc(S(=O)(=O)N2CCCC2)cc1)C1CCNC1. The highest BCUT2D eigenvalue weighted by molar-refractivity contribution is 7.89. The third-order valence-electron chi connectivity index (χ3n) is 4.52. The van der Waals surface area contributed by atoms with Crippen LogP contribution in [0.3, 0.4) is 0 Å². The number of halogens is 1. The van der Waals surface area contributed by atoms with Gasteiger partial charge in [-0.15, -0.1) is 12.4 Å². The second-order valence-electron chi connectivity index (χ2n) is 6.16. The summed E-state index contributed by atoms with van der Waals surface area (Å²) in [5.41, 5.74) is 0.907. The summed E-state index contributed by atoms with van der Waals surface area (Å²) in [5, 5.41) is 6.09. The molecule has 1 atom stereocenters. The Morgan fingerprint density at radius 2 is 1.88 bits per heavy atom. The van der Waals surface area contributed by atoms with Crippen LogP contribution in [-0.4, -0.2) is 44.8 Å². The fourth-order valence-electron chi connectivity index (χ4n) is 3.07. The van der Waals surface area contributed by atoms with Gasteiger partial charge in [-0.3, -0.25) is 4.79 Å². The summed E-state index contributed by atoms with van der Waals surface area (Å²) in [4.78, 5) is 12.3. The first-order valence-corrected chi connectivity index (χ1v) is 9.59. The Morgan fingerprint density at radius 3 is 2.46 bits per heavy atom. The van der Waals surface area contributed by atoms with Crippen LogP contribution in [0.4, 0.5) is 0 Å². The van der Waals surface area contributed by atoms with Gasteiger partial charge in [-0.1, -0.05) is 12.1 Å². The molecule has 0 aliphatic carbocycles. The van der Waals surface area contributed by atoms with Crippen LogP contribution < -0.4 is 10.6 Å². The molecule has 2 heterocycles. The second-order valence-corrected chi connectivity index (χ2v) is 8.10. The van der Waals surface area contributed by atoms with E-state index in [1.54, 1.807) is 24.3 Å². The molecule has 2 saturated heterocycles. The van der Waals surface area contributed by atoms with Gasteiger partial charge in [0.2, 0.25) is 15.9 Å². The number of carbonyl (C=O) groups is 1. The fourth-order valence-corrected chi connectivity index (χ4v) is 4.59. The number of benzene rings is 1. The first-order chi connectivity index (χ1) is 11.1. The molecule has 2 N–H and O–H groups in total. The minimum Gasteiger partial charge on any atom is -0.352 e. The Morgan fingerprint density at radius 1 is 1.21 bits per heavy atom. The Bertz CT molecular complexity index is 652. The van der Waals surface area contributed by atoms with Crippen LogP contribution in [0.5, 0.6) is 0 Å². The van der Waals surface area contributed by atoms with Gasteiger partial charge < -0.3 is 10.6 Å². The molecule has 1 aromatic rings. The number of carbonyl (C=O) groups excluding carboxylic acids is 1. The van der Waals surface area contributed by atoms with E-state index in [0.717, 1.165) is 37.9 Å². The topological polar surface area (TPSA) is 78.5 Å². The van der Waals surface area contributed by atoms with Crippen molar-refractivity contribution >= 4 is 28.3 Å². The average molecular weight is 374 g/mol. The highest BCUT2D eigenvalue weighted by Crippen LogP contribution is 2.21. The van der Waals surface area contributed by atoms with Crippen LogP contribution in [0.15, 0.2) is 29.2 Å². The van der Waals surface area contributed by atoms with Crippen molar-refractivity contribution in [3.8, 4) is 0 Å². The maximum Gasteiger partial charge on any atom is 0.243 e. The third kappa shape index (κ3) is 4.27. The van der Waals surface area contributed by atoms with E-state index in [9.17, 15) is 13.2 Å². The minimum absolute atomic E-state index is 0. The number of sulfonamides is 1. The lowest BCUT2D eigenvalue weighted by Gasteiger charge is -2.16. The summed E-state index contributed by atoms with van der Waals surface area (Å²) in [6, 6.07) is 6.81. The number of hydrogen-bond donors (Lipinski definition) is 2. The molecule has 0 bridgehead atoms. The van der Waals surface area contributed by atoms with Gasteiger partial charge >= 0.3 is 0 Å². The zero-order chi connectivity index (χ0) is 16.3. The maximum absolute atomic E-state index is 12.4. The largest absolute Gasteiger partial charge is 0.352 e. The van der Waals surface area contributed by atoms with Crippen molar-refractivity contribution in [2.45, 2.75) is 30.7 Å². The van der Waals surface area contributed by atoms with Crippen LogP contribution in [-0.2, 0) is 21.4 Å². The zero-order valence-electron chi connectivity index (χ0n) is 13.5. The highest BCUT2D eigenvalue weighted by Gasteiger charge is 2.27. The van der Waals surface area contributed by atoms with E-state index < -0.39 is 10.0 Å². The summed E-state index contributed by atoms with van der Waals surface area (Å²) in [5.74, 6) is 0.105. The van der Waals surface area contributed by atoms with Crippen molar-refractivity contribution in [3.63, 3.8) is 0 Å². The molecular weight excluding hydrogens is 350 g/mol. The van der Waals surface area contributed by atoms with Gasteiger partial charge in [-0.2, -0.15) is 4.31 Å². The van der Waals surface area contributed by atoms with Crippen molar-refractivity contribution in [1.29, 1.82) is 0 Å². The van der Waals surface area contributed by atoms with Crippen LogP contribution in [0.25, 0.3) is 0 Å². The molecule has 2 fully saturated rings. The molecule has 0 radical (unpaired) electrons. The lowest BCUT2D eigenvalue weighted by molar-refractivity contribution is -0.124. The van der Waals surface area contributed by atoms with Gasteiger partial charge in [-0.05, 0) is 43.5 Å². The Labute approximate surface area is 149 Å². The number of nitrogens with one attached hydrogen (secondary N) is 2. The number of hydrogen-bond acceptors (Lipinski definition) is 4. The van der Waals surface area contributed by atoms with E-state index in [1.807, 2.05) is 0 Å². The van der Waals surface area contributed by atoms with Crippen LogP contribution in [0.1, 0.15) is 24.8 Å². The summed E-state index contributed by atoms with van der Waals surface area (Å²) in [7, 11) is -3.36. The molecule has 2 aliphatic heterocycles. The van der Waals surface area contributed by atoms with E-state index >= 15 is 0 Å². The van der Waals surface area contributed by atoms with Gasteiger partial charge in [-0.25, -0.2) is 8.42 Å². The molecule has 1 amide bonds.